The molecule has 0 radical (unpaired) electrons. The third kappa shape index (κ3) is 3.27. The van der Waals surface area contributed by atoms with Crippen LogP contribution in [0.4, 0.5) is 0 Å². The number of carbonyl (C=O) groups is 1. The minimum absolute atomic E-state index is 0.0451. The van der Waals surface area contributed by atoms with Crippen molar-refractivity contribution in [3.8, 4) is 0 Å². The number of hydrogen-bond acceptors (Lipinski definition) is 4. The van der Waals surface area contributed by atoms with Crippen molar-refractivity contribution in [3.05, 3.63) is 28.7 Å². The van der Waals surface area contributed by atoms with Crippen LogP contribution in [0.3, 0.4) is 0 Å². The smallest absolute Gasteiger partial charge is 0.324 e. The lowest BCUT2D eigenvalue weighted by Crippen LogP contribution is -2.34. The van der Waals surface area contributed by atoms with Crippen molar-refractivity contribution in [1.82, 2.24) is 0 Å². The van der Waals surface area contributed by atoms with Crippen LogP contribution in [0, 0.1) is 0 Å². The van der Waals surface area contributed by atoms with Crippen molar-refractivity contribution in [2.24, 2.45) is 0 Å². The van der Waals surface area contributed by atoms with Crippen LogP contribution in [0.25, 0.3) is 0 Å². The first-order valence-electron chi connectivity index (χ1n) is 4.61. The summed E-state index contributed by atoms with van der Waals surface area (Å²) in [6, 6.07) is 5.90. The lowest BCUT2D eigenvalue weighted by atomic mass is 10.4. The van der Waals surface area contributed by atoms with Gasteiger partial charge in [-0.2, -0.15) is 0 Å². The molecular weight excluding hydrogens is 312 g/mol. The van der Waals surface area contributed by atoms with Crippen molar-refractivity contribution in [1.29, 1.82) is 0 Å². The highest BCUT2D eigenvalue weighted by Crippen LogP contribution is 2.20. The minimum atomic E-state index is -3.94. The van der Waals surface area contributed by atoms with Crippen molar-refractivity contribution >= 4 is 31.7 Å². The summed E-state index contributed by atoms with van der Waals surface area (Å²) < 4.78 is 29.3. The van der Waals surface area contributed by atoms with E-state index in [0.717, 1.165) is 0 Å². The van der Waals surface area contributed by atoms with Crippen LogP contribution in [-0.2, 0) is 19.4 Å². The quantitative estimate of drug-likeness (QED) is 0.884. The van der Waals surface area contributed by atoms with Gasteiger partial charge < -0.3 is 9.84 Å². The molecule has 0 heterocycles. The van der Waals surface area contributed by atoms with E-state index in [1.54, 1.807) is 6.07 Å². The molecule has 1 unspecified atom stereocenters. The Morgan fingerprint density at radius 2 is 2.18 bits per heavy atom. The number of benzene rings is 1. The van der Waals surface area contributed by atoms with Gasteiger partial charge in [-0.15, -0.1) is 0 Å². The van der Waals surface area contributed by atoms with E-state index >= 15 is 0 Å². The number of carboxylic acids is 1. The first-order chi connectivity index (χ1) is 7.89. The Labute approximate surface area is 107 Å². The molecule has 0 fully saturated rings. The molecule has 0 saturated heterocycles. The topological polar surface area (TPSA) is 80.7 Å². The van der Waals surface area contributed by atoms with Gasteiger partial charge in [0.1, 0.15) is 0 Å². The molecule has 5 nitrogen and oxygen atoms in total. The third-order valence-corrected chi connectivity index (χ3v) is 4.58. The van der Waals surface area contributed by atoms with Crippen molar-refractivity contribution < 1.29 is 23.1 Å². The predicted octanol–water partition coefficient (Wildman–Crippen LogP) is 1.32. The maximum atomic E-state index is 12.0. The van der Waals surface area contributed by atoms with Crippen molar-refractivity contribution in [2.45, 2.75) is 10.1 Å². The average molecular weight is 323 g/mol. The second-order valence-corrected chi connectivity index (χ2v) is 6.33. The highest BCUT2D eigenvalue weighted by atomic mass is 79.9. The molecule has 0 bridgehead atoms. The maximum absolute atomic E-state index is 12.0. The average Bonchev–Trinajstić information content (AvgIpc) is 2.25. The van der Waals surface area contributed by atoms with Gasteiger partial charge in [0.25, 0.3) is 0 Å². The first kappa shape index (κ1) is 14.1. The Morgan fingerprint density at radius 3 is 2.65 bits per heavy atom. The molecule has 94 valence electrons. The molecule has 0 aromatic heterocycles. The Morgan fingerprint density at radius 1 is 1.53 bits per heavy atom. The van der Waals surface area contributed by atoms with Gasteiger partial charge in [0.05, 0.1) is 11.5 Å². The summed E-state index contributed by atoms with van der Waals surface area (Å²) in [6.07, 6.45) is 0. The van der Waals surface area contributed by atoms with E-state index < -0.39 is 21.1 Å². The number of halogens is 1. The molecule has 1 aromatic carbocycles. The number of ether oxygens (including phenoxy) is 1. The number of methoxy groups -OCH3 is 1. The molecule has 1 atom stereocenters. The molecule has 7 heteroatoms. The zero-order valence-corrected chi connectivity index (χ0v) is 11.4. The van der Waals surface area contributed by atoms with Gasteiger partial charge in [-0.05, 0) is 18.2 Å². The molecule has 1 aromatic rings. The normalized spacial score (nSPS) is 13.3. The van der Waals surface area contributed by atoms with Crippen LogP contribution in [0.2, 0.25) is 0 Å². The van der Waals surface area contributed by atoms with Crippen LogP contribution in [-0.4, -0.2) is 38.5 Å². The van der Waals surface area contributed by atoms with E-state index in [0.29, 0.717) is 4.47 Å². The number of hydrogen-bond donors (Lipinski definition) is 1. The van der Waals surface area contributed by atoms with Crippen LogP contribution >= 0.6 is 15.9 Å². The van der Waals surface area contributed by atoms with Crippen LogP contribution in [0.1, 0.15) is 0 Å². The van der Waals surface area contributed by atoms with E-state index in [2.05, 4.69) is 20.7 Å². The molecule has 0 aliphatic heterocycles. The van der Waals surface area contributed by atoms with Crippen LogP contribution < -0.4 is 0 Å². The van der Waals surface area contributed by atoms with E-state index in [-0.39, 0.29) is 11.5 Å². The van der Waals surface area contributed by atoms with Gasteiger partial charge in [-0.1, -0.05) is 22.0 Å². The largest absolute Gasteiger partial charge is 0.480 e. The van der Waals surface area contributed by atoms with Gasteiger partial charge in [-0.3, -0.25) is 4.79 Å². The van der Waals surface area contributed by atoms with Gasteiger partial charge in [-0.25, -0.2) is 8.42 Å². The Hall–Kier alpha value is -0.920. The van der Waals surface area contributed by atoms with E-state index in [4.69, 9.17) is 5.11 Å². The van der Waals surface area contributed by atoms with Crippen LogP contribution in [0.5, 0.6) is 0 Å². The fraction of sp³-hybridized carbons (Fsp3) is 0.300. The molecule has 0 saturated carbocycles. The zero-order valence-electron chi connectivity index (χ0n) is 8.96. The molecule has 0 aliphatic rings. The first-order valence-corrected chi connectivity index (χ1v) is 6.94. The van der Waals surface area contributed by atoms with Gasteiger partial charge in [0, 0.05) is 11.6 Å². The molecule has 1 N–H and O–H groups in total. The SMILES string of the molecule is COCC(C(=O)O)S(=O)(=O)c1cccc(Br)c1. The second kappa shape index (κ2) is 5.61. The molecule has 0 spiro atoms. The van der Waals surface area contributed by atoms with E-state index in [1.807, 2.05) is 0 Å². The molecule has 0 amide bonds. The number of carboxylic acid groups (broad SMARTS) is 1. The number of rotatable bonds is 5. The summed E-state index contributed by atoms with van der Waals surface area (Å²) >= 11 is 3.14. The highest BCUT2D eigenvalue weighted by molar-refractivity contribution is 9.10. The predicted molar refractivity (Wildman–Crippen MR) is 64.6 cm³/mol. The Bertz CT molecular complexity index is 511. The maximum Gasteiger partial charge on any atom is 0.324 e. The molecule has 17 heavy (non-hydrogen) atoms. The van der Waals surface area contributed by atoms with E-state index in [9.17, 15) is 13.2 Å². The summed E-state index contributed by atoms with van der Waals surface area (Å²) in [5, 5.41) is 7.30. The summed E-state index contributed by atoms with van der Waals surface area (Å²) in [5.74, 6) is -1.42. The number of sulfone groups is 1. The van der Waals surface area contributed by atoms with Crippen LogP contribution in [0.15, 0.2) is 33.6 Å². The molecular formula is C10H11BrO5S. The zero-order chi connectivity index (χ0) is 13.1. The van der Waals surface area contributed by atoms with Crippen molar-refractivity contribution in [2.75, 3.05) is 13.7 Å². The molecule has 1 rings (SSSR count). The minimum Gasteiger partial charge on any atom is -0.480 e. The van der Waals surface area contributed by atoms with E-state index in [1.165, 1.54) is 25.3 Å². The summed E-state index contributed by atoms with van der Waals surface area (Å²) in [4.78, 5) is 10.9. The third-order valence-electron chi connectivity index (χ3n) is 2.09. The summed E-state index contributed by atoms with van der Waals surface area (Å²) in [7, 11) is -2.68. The summed E-state index contributed by atoms with van der Waals surface area (Å²) in [5.41, 5.74) is 0. The lowest BCUT2D eigenvalue weighted by molar-refractivity contribution is -0.137. The van der Waals surface area contributed by atoms with Gasteiger partial charge in [0.15, 0.2) is 15.1 Å². The second-order valence-electron chi connectivity index (χ2n) is 3.28. The highest BCUT2D eigenvalue weighted by Gasteiger charge is 2.34. The van der Waals surface area contributed by atoms with Crippen molar-refractivity contribution in [3.63, 3.8) is 0 Å². The number of aliphatic carboxylic acids is 1. The fourth-order valence-corrected chi connectivity index (χ4v) is 3.27. The standard InChI is InChI=1S/C10H11BrO5S/c1-16-6-9(10(12)13)17(14,15)8-4-2-3-7(11)5-8/h2-5,9H,6H2,1H3,(H,12,13). The lowest BCUT2D eigenvalue weighted by Gasteiger charge is -2.12. The van der Waals surface area contributed by atoms with Gasteiger partial charge in [0.2, 0.25) is 0 Å². The Kier molecular flexibility index (Phi) is 4.67. The fourth-order valence-electron chi connectivity index (χ4n) is 1.25. The molecule has 0 aliphatic carbocycles. The monoisotopic (exact) mass is 322 g/mol. The van der Waals surface area contributed by atoms with Gasteiger partial charge >= 0.3 is 5.97 Å². The Balaban J connectivity index is 3.21. The summed E-state index contributed by atoms with van der Waals surface area (Å²) in [6.45, 7) is -0.385.